The first-order chi connectivity index (χ1) is 14.5. The summed E-state index contributed by atoms with van der Waals surface area (Å²) in [7, 11) is 0. The number of aromatic nitrogens is 2. The number of aryl methyl sites for hydroxylation is 2. The van der Waals surface area contributed by atoms with Crippen LogP contribution in [-0.2, 0) is 6.54 Å². The van der Waals surface area contributed by atoms with Gasteiger partial charge in [-0.3, -0.25) is 9.59 Å². The lowest BCUT2D eigenvalue weighted by atomic mass is 10.1. The second kappa shape index (κ2) is 8.21. The summed E-state index contributed by atoms with van der Waals surface area (Å²) < 4.78 is 7.42. The molecule has 6 heteroatoms. The lowest BCUT2D eigenvalue weighted by molar-refractivity contribution is 0.102. The Morgan fingerprint density at radius 3 is 2.40 bits per heavy atom. The van der Waals surface area contributed by atoms with Gasteiger partial charge < -0.3 is 14.6 Å². The van der Waals surface area contributed by atoms with Crippen molar-refractivity contribution in [2.24, 2.45) is 0 Å². The number of rotatable bonds is 5. The zero-order valence-corrected chi connectivity index (χ0v) is 16.8. The Hall–Kier alpha value is -3.93. The molecule has 1 amide bonds. The summed E-state index contributed by atoms with van der Waals surface area (Å²) in [6.45, 7) is 4.13. The summed E-state index contributed by atoms with van der Waals surface area (Å²) in [4.78, 5) is 29.3. The molecule has 1 N–H and O–H groups in total. The van der Waals surface area contributed by atoms with E-state index >= 15 is 0 Å². The molecule has 0 fully saturated rings. The summed E-state index contributed by atoms with van der Waals surface area (Å²) in [6.07, 6.45) is 0. The average Bonchev–Trinajstić information content (AvgIpc) is 2.76. The van der Waals surface area contributed by atoms with Gasteiger partial charge in [0.2, 0.25) is 0 Å². The minimum Gasteiger partial charge on any atom is -0.457 e. The van der Waals surface area contributed by atoms with E-state index < -0.39 is 0 Å². The van der Waals surface area contributed by atoms with Crippen LogP contribution < -0.4 is 15.6 Å². The highest BCUT2D eigenvalue weighted by atomic mass is 16.5. The number of benzene rings is 3. The molecule has 0 aliphatic carbocycles. The van der Waals surface area contributed by atoms with Gasteiger partial charge >= 0.3 is 0 Å². The van der Waals surface area contributed by atoms with Gasteiger partial charge in [-0.05, 0) is 68.4 Å². The Morgan fingerprint density at radius 1 is 1.00 bits per heavy atom. The number of hydrogen-bond acceptors (Lipinski definition) is 4. The molecule has 0 bridgehead atoms. The predicted octanol–water partition coefficient (Wildman–Crippen LogP) is 4.77. The molecule has 6 nitrogen and oxygen atoms in total. The first-order valence-corrected chi connectivity index (χ1v) is 9.70. The summed E-state index contributed by atoms with van der Waals surface area (Å²) in [6, 6.07) is 21.8. The van der Waals surface area contributed by atoms with Crippen molar-refractivity contribution in [1.29, 1.82) is 0 Å². The molecule has 0 spiro atoms. The van der Waals surface area contributed by atoms with Gasteiger partial charge in [-0.25, -0.2) is 4.98 Å². The van der Waals surface area contributed by atoms with Gasteiger partial charge in [0, 0.05) is 17.8 Å². The number of para-hydroxylation sites is 1. The van der Waals surface area contributed by atoms with Gasteiger partial charge in [0.1, 0.15) is 17.2 Å². The van der Waals surface area contributed by atoms with E-state index in [0.29, 0.717) is 40.3 Å². The van der Waals surface area contributed by atoms with E-state index in [4.69, 9.17) is 4.74 Å². The number of fused-ring (bicyclic) bond motifs is 1. The molecule has 0 aliphatic rings. The molecule has 150 valence electrons. The minimum atomic E-state index is -0.248. The largest absolute Gasteiger partial charge is 0.457 e. The zero-order valence-electron chi connectivity index (χ0n) is 16.8. The molecule has 0 aliphatic heterocycles. The number of amides is 1. The van der Waals surface area contributed by atoms with Gasteiger partial charge in [0.05, 0.1) is 11.0 Å². The second-order valence-corrected chi connectivity index (χ2v) is 6.84. The molecule has 0 saturated heterocycles. The molecule has 0 saturated carbocycles. The first-order valence-electron chi connectivity index (χ1n) is 9.70. The van der Waals surface area contributed by atoms with E-state index in [0.717, 1.165) is 5.75 Å². The highest BCUT2D eigenvalue weighted by Crippen LogP contribution is 2.23. The molecule has 1 heterocycles. The van der Waals surface area contributed by atoms with Gasteiger partial charge in [0.25, 0.3) is 11.5 Å². The second-order valence-electron chi connectivity index (χ2n) is 6.84. The Balaban J connectivity index is 1.53. The van der Waals surface area contributed by atoms with Gasteiger partial charge in [0.15, 0.2) is 0 Å². The topological polar surface area (TPSA) is 73.2 Å². The fraction of sp³-hybridized carbons (Fsp3) is 0.125. The van der Waals surface area contributed by atoms with E-state index in [9.17, 15) is 9.59 Å². The van der Waals surface area contributed by atoms with Crippen LogP contribution in [0.4, 0.5) is 5.69 Å². The molecular weight excluding hydrogens is 378 g/mol. The normalized spacial score (nSPS) is 10.7. The van der Waals surface area contributed by atoms with E-state index in [1.165, 1.54) is 0 Å². The maximum Gasteiger partial charge on any atom is 0.272 e. The molecule has 4 rings (SSSR count). The van der Waals surface area contributed by atoms with E-state index in [2.05, 4.69) is 10.3 Å². The van der Waals surface area contributed by atoms with Crippen molar-refractivity contribution in [3.05, 3.63) is 94.4 Å². The van der Waals surface area contributed by atoms with Gasteiger partial charge in [-0.1, -0.05) is 18.2 Å². The van der Waals surface area contributed by atoms with Crippen LogP contribution in [0.1, 0.15) is 23.0 Å². The molecule has 0 atom stereocenters. The molecule has 3 aromatic carbocycles. The van der Waals surface area contributed by atoms with Crippen molar-refractivity contribution in [1.82, 2.24) is 9.55 Å². The minimum absolute atomic E-state index is 0.111. The van der Waals surface area contributed by atoms with Crippen molar-refractivity contribution in [3.8, 4) is 11.5 Å². The first kappa shape index (κ1) is 19.4. The molecule has 0 unspecified atom stereocenters. The van der Waals surface area contributed by atoms with Crippen LogP contribution >= 0.6 is 0 Å². The number of ether oxygens (including phenoxy) is 1. The van der Waals surface area contributed by atoms with Crippen LogP contribution in [0.15, 0.2) is 77.6 Å². The van der Waals surface area contributed by atoms with Crippen LogP contribution in [0, 0.1) is 6.92 Å². The highest BCUT2D eigenvalue weighted by molar-refractivity contribution is 6.05. The van der Waals surface area contributed by atoms with E-state index in [1.54, 1.807) is 54.0 Å². The maximum absolute atomic E-state index is 12.7. The number of nitrogens with one attached hydrogen (secondary N) is 1. The number of nitrogens with zero attached hydrogens (tertiary/aromatic N) is 2. The van der Waals surface area contributed by atoms with Gasteiger partial charge in [-0.2, -0.15) is 0 Å². The molecular formula is C24H21N3O3. The summed E-state index contributed by atoms with van der Waals surface area (Å²) >= 11 is 0. The zero-order chi connectivity index (χ0) is 21.1. The summed E-state index contributed by atoms with van der Waals surface area (Å²) in [5.74, 6) is 1.18. The molecule has 4 aromatic rings. The number of hydrogen-bond donors (Lipinski definition) is 1. The van der Waals surface area contributed by atoms with Crippen molar-refractivity contribution < 1.29 is 9.53 Å². The van der Waals surface area contributed by atoms with E-state index in [1.807, 2.05) is 37.3 Å². The predicted molar refractivity (Wildman–Crippen MR) is 117 cm³/mol. The van der Waals surface area contributed by atoms with Crippen molar-refractivity contribution in [3.63, 3.8) is 0 Å². The van der Waals surface area contributed by atoms with E-state index in [-0.39, 0.29) is 11.5 Å². The molecule has 30 heavy (non-hydrogen) atoms. The fourth-order valence-electron chi connectivity index (χ4n) is 3.26. The molecule has 0 radical (unpaired) electrons. The van der Waals surface area contributed by atoms with Crippen LogP contribution in [-0.4, -0.2) is 15.5 Å². The average molecular weight is 399 g/mol. The SMILES string of the molecule is CCn1c(=O)c(C)nc2cc(C(=O)Nc3ccc(Oc4ccccc4)cc3)ccc21. The van der Waals surface area contributed by atoms with Crippen LogP contribution in [0.25, 0.3) is 11.0 Å². The third-order valence-corrected chi connectivity index (χ3v) is 4.78. The van der Waals surface area contributed by atoms with Crippen LogP contribution in [0.2, 0.25) is 0 Å². The third-order valence-electron chi connectivity index (χ3n) is 4.78. The van der Waals surface area contributed by atoms with Crippen molar-refractivity contribution in [2.75, 3.05) is 5.32 Å². The van der Waals surface area contributed by atoms with Gasteiger partial charge in [-0.15, -0.1) is 0 Å². The Bertz CT molecular complexity index is 1260. The monoisotopic (exact) mass is 399 g/mol. The third kappa shape index (κ3) is 3.93. The quantitative estimate of drug-likeness (QED) is 0.525. The number of carbonyl (C=O) groups is 1. The Labute approximate surface area is 173 Å². The lowest BCUT2D eigenvalue weighted by Crippen LogP contribution is -2.23. The fourth-order valence-corrected chi connectivity index (χ4v) is 3.26. The maximum atomic E-state index is 12.7. The smallest absolute Gasteiger partial charge is 0.272 e. The Kier molecular flexibility index (Phi) is 5.30. The van der Waals surface area contributed by atoms with Crippen molar-refractivity contribution >= 4 is 22.6 Å². The lowest BCUT2D eigenvalue weighted by Gasteiger charge is -2.11. The van der Waals surface area contributed by atoms with Crippen LogP contribution in [0.3, 0.4) is 0 Å². The van der Waals surface area contributed by atoms with Crippen LogP contribution in [0.5, 0.6) is 11.5 Å². The summed E-state index contributed by atoms with van der Waals surface area (Å²) in [5, 5.41) is 2.88. The van der Waals surface area contributed by atoms with Crippen molar-refractivity contribution in [2.45, 2.75) is 20.4 Å². The summed E-state index contributed by atoms with van der Waals surface area (Å²) in [5.41, 5.74) is 2.76. The highest BCUT2D eigenvalue weighted by Gasteiger charge is 2.11. The Morgan fingerprint density at radius 2 is 1.70 bits per heavy atom. The number of carbonyl (C=O) groups excluding carboxylic acids is 1. The number of anilines is 1. The standard InChI is InChI=1S/C24H21N3O3/c1-3-27-22-14-9-17(15-21(22)25-16(2)24(27)29)23(28)26-18-10-12-20(13-11-18)30-19-7-5-4-6-8-19/h4-15H,3H2,1-2H3,(H,26,28). The molecule has 1 aromatic heterocycles.